The van der Waals surface area contributed by atoms with E-state index in [9.17, 15) is 0 Å². The first kappa shape index (κ1) is 38.9. The lowest BCUT2D eigenvalue weighted by Crippen LogP contribution is -2.14. The van der Waals surface area contributed by atoms with Crippen LogP contribution < -0.4 is 0 Å². The minimum atomic E-state index is 0. The average Bonchev–Trinajstić information content (AvgIpc) is 3.01. The molecule has 0 atom stereocenters. The van der Waals surface area contributed by atoms with Crippen LogP contribution in [0.2, 0.25) is 0 Å². The van der Waals surface area contributed by atoms with Crippen molar-refractivity contribution in [3.05, 3.63) is 59.7 Å². The Labute approximate surface area is 192 Å². The molecule has 0 fully saturated rings. The summed E-state index contributed by atoms with van der Waals surface area (Å²) in [5.41, 5.74) is 5.86. The zero-order valence-corrected chi connectivity index (χ0v) is 20.9. The van der Waals surface area contributed by atoms with Gasteiger partial charge in [0.1, 0.15) is 0 Å². The van der Waals surface area contributed by atoms with Gasteiger partial charge in [-0.3, -0.25) is 0 Å². The highest BCUT2D eigenvalue weighted by atomic mass is 16.5. The lowest BCUT2D eigenvalue weighted by molar-refractivity contribution is 0.215. The van der Waals surface area contributed by atoms with Gasteiger partial charge in [-0.2, -0.15) is 0 Å². The Balaban J connectivity index is -0.000000119. The van der Waals surface area contributed by atoms with Crippen LogP contribution in [-0.4, -0.2) is 13.7 Å². The molecule has 178 valence electrons. The zero-order valence-electron chi connectivity index (χ0n) is 20.9. The van der Waals surface area contributed by atoms with Crippen molar-refractivity contribution >= 4 is 0 Å². The quantitative estimate of drug-likeness (QED) is 0.445. The third kappa shape index (κ3) is 12.2. The van der Waals surface area contributed by atoms with Gasteiger partial charge in [0.25, 0.3) is 0 Å². The predicted octanol–water partition coefficient (Wildman–Crippen LogP) is 10.4. The van der Waals surface area contributed by atoms with Crippen molar-refractivity contribution < 1.29 is 4.74 Å². The molecule has 0 aliphatic heterocycles. The molecule has 0 saturated heterocycles. The molecule has 0 radical (unpaired) electrons. The maximum atomic E-state index is 4.54. The second-order valence-electron chi connectivity index (χ2n) is 6.00. The molecule has 0 heterocycles. The van der Waals surface area contributed by atoms with E-state index in [0.717, 1.165) is 6.61 Å². The SMILES string of the molecule is C.C.CC.CC.CC.CC1(C)c2ccccc2-c2ccccc21.CCC.CCOC. The molecule has 0 spiro atoms. The van der Waals surface area contributed by atoms with E-state index in [4.69, 9.17) is 0 Å². The second kappa shape index (κ2) is 25.4. The molecule has 1 aliphatic carbocycles. The molecular weight excluding hydrogens is 364 g/mol. The number of rotatable bonds is 1. The Hall–Kier alpha value is -1.60. The van der Waals surface area contributed by atoms with Crippen LogP contribution in [0.15, 0.2) is 48.5 Å². The van der Waals surface area contributed by atoms with Gasteiger partial charge >= 0.3 is 0 Å². The molecule has 30 heavy (non-hydrogen) atoms. The van der Waals surface area contributed by atoms with Crippen molar-refractivity contribution in [2.45, 2.75) is 103 Å². The van der Waals surface area contributed by atoms with Gasteiger partial charge in [0.15, 0.2) is 0 Å². The summed E-state index contributed by atoms with van der Waals surface area (Å²) in [5, 5.41) is 0. The molecule has 0 bridgehead atoms. The molecule has 3 rings (SSSR count). The van der Waals surface area contributed by atoms with E-state index in [1.165, 1.54) is 28.7 Å². The minimum Gasteiger partial charge on any atom is -0.385 e. The van der Waals surface area contributed by atoms with Crippen LogP contribution in [0.5, 0.6) is 0 Å². The summed E-state index contributed by atoms with van der Waals surface area (Å²) in [5.74, 6) is 0. The highest BCUT2D eigenvalue weighted by Gasteiger charge is 2.34. The van der Waals surface area contributed by atoms with Gasteiger partial charge < -0.3 is 4.74 Å². The fourth-order valence-corrected chi connectivity index (χ4v) is 2.67. The largest absolute Gasteiger partial charge is 0.385 e. The molecule has 1 nitrogen and oxygen atoms in total. The van der Waals surface area contributed by atoms with Crippen LogP contribution in [0.4, 0.5) is 0 Å². The lowest BCUT2D eigenvalue weighted by atomic mass is 9.82. The number of methoxy groups -OCH3 is 1. The van der Waals surface area contributed by atoms with Crippen LogP contribution in [0.25, 0.3) is 11.1 Å². The highest BCUT2D eigenvalue weighted by molar-refractivity contribution is 5.80. The van der Waals surface area contributed by atoms with Gasteiger partial charge in [0.2, 0.25) is 0 Å². The smallest absolute Gasteiger partial charge is 0.0433 e. The fraction of sp³-hybridized carbons (Fsp3) is 0.586. The van der Waals surface area contributed by atoms with Crippen LogP contribution in [0, 0.1) is 0 Å². The average molecular weight is 421 g/mol. The summed E-state index contributed by atoms with van der Waals surface area (Å²) < 4.78 is 4.54. The number of hydrogen-bond acceptors (Lipinski definition) is 1. The molecule has 0 amide bonds. The monoisotopic (exact) mass is 420 g/mol. The number of ether oxygens (including phenoxy) is 1. The Kier molecular flexibility index (Phi) is 33.0. The van der Waals surface area contributed by atoms with Crippen molar-refractivity contribution in [1.29, 1.82) is 0 Å². The molecule has 0 N–H and O–H groups in total. The maximum absolute atomic E-state index is 4.54. The van der Waals surface area contributed by atoms with E-state index >= 15 is 0 Å². The van der Waals surface area contributed by atoms with Crippen LogP contribution >= 0.6 is 0 Å². The normalized spacial score (nSPS) is 10.1. The Morgan fingerprint density at radius 1 is 0.633 bits per heavy atom. The van der Waals surface area contributed by atoms with Crippen LogP contribution in [-0.2, 0) is 10.2 Å². The fourth-order valence-electron chi connectivity index (χ4n) is 2.67. The maximum Gasteiger partial charge on any atom is 0.0433 e. The van der Waals surface area contributed by atoms with Gasteiger partial charge in [0, 0.05) is 19.1 Å². The summed E-state index contributed by atoms with van der Waals surface area (Å²) >= 11 is 0. The molecular formula is C29H56O. The van der Waals surface area contributed by atoms with Crippen LogP contribution in [0.3, 0.4) is 0 Å². The molecule has 2 aromatic rings. The lowest BCUT2D eigenvalue weighted by Gasteiger charge is -2.20. The van der Waals surface area contributed by atoms with Crippen molar-refractivity contribution in [2.24, 2.45) is 0 Å². The van der Waals surface area contributed by atoms with Gasteiger partial charge in [-0.05, 0) is 29.2 Å². The van der Waals surface area contributed by atoms with Crippen molar-refractivity contribution in [3.63, 3.8) is 0 Å². The summed E-state index contributed by atoms with van der Waals surface area (Å²) in [6.07, 6.45) is 1.25. The van der Waals surface area contributed by atoms with Crippen molar-refractivity contribution in [3.8, 4) is 11.1 Å². The van der Waals surface area contributed by atoms with E-state index in [-0.39, 0.29) is 20.3 Å². The summed E-state index contributed by atoms with van der Waals surface area (Å²) in [7, 11) is 1.68. The predicted molar refractivity (Wildman–Crippen MR) is 145 cm³/mol. The molecule has 1 aliphatic rings. The van der Waals surface area contributed by atoms with Crippen molar-refractivity contribution in [2.75, 3.05) is 13.7 Å². The molecule has 0 unspecified atom stereocenters. The van der Waals surface area contributed by atoms with Gasteiger partial charge in [-0.25, -0.2) is 0 Å². The van der Waals surface area contributed by atoms with Gasteiger partial charge in [0.05, 0.1) is 0 Å². The third-order valence-electron chi connectivity index (χ3n) is 3.78. The first-order valence-electron chi connectivity index (χ1n) is 11.2. The number of benzene rings is 2. The highest BCUT2D eigenvalue weighted by Crippen LogP contribution is 2.47. The Morgan fingerprint density at radius 3 is 1.10 bits per heavy atom. The van der Waals surface area contributed by atoms with E-state index in [0.29, 0.717) is 0 Å². The Morgan fingerprint density at radius 2 is 0.867 bits per heavy atom. The molecule has 0 saturated carbocycles. The second-order valence-corrected chi connectivity index (χ2v) is 6.00. The summed E-state index contributed by atoms with van der Waals surface area (Å²) in [4.78, 5) is 0. The molecule has 0 aromatic heterocycles. The number of fused-ring (bicyclic) bond motifs is 3. The van der Waals surface area contributed by atoms with Crippen molar-refractivity contribution in [1.82, 2.24) is 0 Å². The Bertz CT molecular complexity index is 521. The van der Waals surface area contributed by atoms with E-state index in [2.05, 4.69) is 81.0 Å². The van der Waals surface area contributed by atoms with Gasteiger partial charge in [-0.1, -0.05) is 139 Å². The number of hydrogen-bond donors (Lipinski definition) is 0. The zero-order chi connectivity index (χ0) is 22.6. The van der Waals surface area contributed by atoms with E-state index in [1.807, 2.05) is 48.5 Å². The first-order chi connectivity index (χ1) is 13.5. The molecule has 2 aromatic carbocycles. The minimum absolute atomic E-state index is 0. The van der Waals surface area contributed by atoms with Gasteiger partial charge in [-0.15, -0.1) is 0 Å². The third-order valence-corrected chi connectivity index (χ3v) is 3.78. The first-order valence-corrected chi connectivity index (χ1v) is 11.2. The topological polar surface area (TPSA) is 9.23 Å². The van der Waals surface area contributed by atoms with E-state index in [1.54, 1.807) is 7.11 Å². The molecule has 1 heteroatoms. The summed E-state index contributed by atoms with van der Waals surface area (Å²) in [6, 6.07) is 17.4. The van der Waals surface area contributed by atoms with Crippen LogP contribution in [0.1, 0.15) is 109 Å². The summed E-state index contributed by atoms with van der Waals surface area (Å²) in [6.45, 7) is 23.6. The van der Waals surface area contributed by atoms with E-state index < -0.39 is 0 Å². The standard InChI is InChI=1S/C15H14.C3H8O.C3H8.3C2H6.2CH4/c1-15(2)13-9-5-3-7-11(13)12-8-4-6-10-14(12)15;1-3-4-2;1-3-2;3*1-2;;/h3-10H,1-2H3;3H2,1-2H3;3H2,1-2H3;3*1-2H3;2*1H4.